The van der Waals surface area contributed by atoms with Crippen LogP contribution in [0.1, 0.15) is 39.6 Å². The molecule has 2 heterocycles. The number of halogens is 4. The number of nitriles is 1. The third-order valence-corrected chi connectivity index (χ3v) is 8.18. The average Bonchev–Trinajstić information content (AvgIpc) is 3.03. The lowest BCUT2D eigenvalue weighted by Gasteiger charge is -2.37. The number of piperazine rings is 1. The number of benzene rings is 3. The van der Waals surface area contributed by atoms with Gasteiger partial charge in [0.25, 0.3) is 5.56 Å². The first-order valence-electron chi connectivity index (χ1n) is 14.4. The van der Waals surface area contributed by atoms with Crippen molar-refractivity contribution in [3.05, 3.63) is 133 Å². The van der Waals surface area contributed by atoms with Crippen molar-refractivity contribution >= 4 is 5.69 Å². The highest BCUT2D eigenvalue weighted by molar-refractivity contribution is 5.50. The van der Waals surface area contributed by atoms with Gasteiger partial charge in [0.05, 0.1) is 30.3 Å². The molecule has 0 aliphatic carbocycles. The molecule has 1 aliphatic heterocycles. The van der Waals surface area contributed by atoms with Crippen LogP contribution in [0.2, 0.25) is 0 Å². The fourth-order valence-corrected chi connectivity index (χ4v) is 5.72. The second-order valence-electron chi connectivity index (χ2n) is 11.1. The zero-order chi connectivity index (χ0) is 32.3. The summed E-state index contributed by atoms with van der Waals surface area (Å²) in [5.74, 6) is -1.10. The summed E-state index contributed by atoms with van der Waals surface area (Å²) in [6.45, 7) is 3.11. The number of hydrogen-bond acceptors (Lipinski definition) is 6. The maximum atomic E-state index is 14.9. The molecule has 1 saturated heterocycles. The van der Waals surface area contributed by atoms with E-state index in [1.807, 2.05) is 17.0 Å². The maximum absolute atomic E-state index is 14.9. The molecule has 234 valence electrons. The van der Waals surface area contributed by atoms with Gasteiger partial charge in [-0.2, -0.15) is 18.4 Å². The Hall–Kier alpha value is -4.73. The molecule has 0 radical (unpaired) electrons. The van der Waals surface area contributed by atoms with Gasteiger partial charge >= 0.3 is 11.9 Å². The van der Waals surface area contributed by atoms with E-state index in [4.69, 9.17) is 11.0 Å². The first-order valence-corrected chi connectivity index (χ1v) is 14.4. The van der Waals surface area contributed by atoms with E-state index >= 15 is 0 Å². The summed E-state index contributed by atoms with van der Waals surface area (Å²) in [6, 6.07) is 20.1. The van der Waals surface area contributed by atoms with Crippen LogP contribution in [0.3, 0.4) is 0 Å². The van der Waals surface area contributed by atoms with E-state index in [0.717, 1.165) is 32.9 Å². The van der Waals surface area contributed by atoms with E-state index in [1.165, 1.54) is 6.92 Å². The molecule has 5 rings (SSSR count). The van der Waals surface area contributed by atoms with Crippen LogP contribution in [0.25, 0.3) is 0 Å². The largest absolute Gasteiger partial charge is 0.416 e. The van der Waals surface area contributed by atoms with Crippen molar-refractivity contribution in [2.75, 3.05) is 31.1 Å². The van der Waals surface area contributed by atoms with Gasteiger partial charge in [-0.05, 0) is 42.3 Å². The highest BCUT2D eigenvalue weighted by Gasteiger charge is 2.35. The molecule has 0 unspecified atom stereocenters. The van der Waals surface area contributed by atoms with Crippen LogP contribution >= 0.6 is 0 Å². The molecule has 1 aromatic heterocycles. The number of alkyl halides is 3. The van der Waals surface area contributed by atoms with Crippen LogP contribution in [-0.4, -0.2) is 40.2 Å². The summed E-state index contributed by atoms with van der Waals surface area (Å²) in [4.78, 5) is 31.8. The van der Waals surface area contributed by atoms with Crippen molar-refractivity contribution in [1.29, 1.82) is 5.26 Å². The van der Waals surface area contributed by atoms with Gasteiger partial charge < -0.3 is 10.6 Å². The molecule has 1 atom stereocenters. The molecule has 0 amide bonds. The van der Waals surface area contributed by atoms with Gasteiger partial charge in [0, 0.05) is 50.0 Å². The van der Waals surface area contributed by atoms with Crippen molar-refractivity contribution in [2.45, 2.75) is 38.8 Å². The van der Waals surface area contributed by atoms with Crippen molar-refractivity contribution < 1.29 is 17.6 Å². The first kappa shape index (κ1) is 31.7. The summed E-state index contributed by atoms with van der Waals surface area (Å²) < 4.78 is 58.5. The lowest BCUT2D eigenvalue weighted by molar-refractivity contribution is -0.138. The van der Waals surface area contributed by atoms with Crippen molar-refractivity contribution in [1.82, 2.24) is 14.0 Å². The normalized spacial score (nSPS) is 14.7. The summed E-state index contributed by atoms with van der Waals surface area (Å²) >= 11 is 0. The van der Waals surface area contributed by atoms with Gasteiger partial charge in [-0.15, -0.1) is 0 Å². The first-order chi connectivity index (χ1) is 21.5. The van der Waals surface area contributed by atoms with E-state index in [1.54, 1.807) is 42.5 Å². The van der Waals surface area contributed by atoms with Crippen molar-refractivity contribution in [3.63, 3.8) is 0 Å². The molecule has 4 aromatic rings. The molecule has 0 spiro atoms. The highest BCUT2D eigenvalue weighted by Crippen LogP contribution is 2.33. The predicted octanol–water partition coefficient (Wildman–Crippen LogP) is 4.42. The van der Waals surface area contributed by atoms with Gasteiger partial charge in [-0.25, -0.2) is 9.18 Å². The molecular formula is C33H32F4N6O2. The van der Waals surface area contributed by atoms with Gasteiger partial charge in [0.2, 0.25) is 0 Å². The minimum Gasteiger partial charge on any atom is -0.363 e. The molecule has 3 aromatic carbocycles. The Morgan fingerprint density at radius 3 is 2.18 bits per heavy atom. The maximum Gasteiger partial charge on any atom is 0.416 e. The van der Waals surface area contributed by atoms with Crippen LogP contribution in [0.4, 0.5) is 23.2 Å². The average molecular weight is 621 g/mol. The van der Waals surface area contributed by atoms with Crippen LogP contribution < -0.4 is 21.9 Å². The summed E-state index contributed by atoms with van der Waals surface area (Å²) in [6.07, 6.45) is -4.85. The fourth-order valence-electron chi connectivity index (χ4n) is 5.72. The monoisotopic (exact) mass is 620 g/mol. The number of aromatic nitrogens is 2. The topological polar surface area (TPSA) is 100 Å². The third-order valence-electron chi connectivity index (χ3n) is 8.18. The number of nitrogens with zero attached hydrogens (tertiary/aromatic N) is 5. The summed E-state index contributed by atoms with van der Waals surface area (Å²) in [5, 5.41) is 9.05. The SMILES string of the molecule is Cc1c(N2CCN(Cc3ccc(C#N)cc3)CC2)c(=O)n(C[C@@H](N)c2ccccc2)c(=O)n1Cc1c(F)cccc1C(F)(F)F. The van der Waals surface area contributed by atoms with Gasteiger partial charge in [0.1, 0.15) is 11.5 Å². The molecule has 8 nitrogen and oxygen atoms in total. The molecule has 0 saturated carbocycles. The van der Waals surface area contributed by atoms with Crippen LogP contribution in [0, 0.1) is 24.1 Å². The Morgan fingerprint density at radius 1 is 0.889 bits per heavy atom. The van der Waals surface area contributed by atoms with Crippen molar-refractivity contribution in [3.8, 4) is 6.07 Å². The second kappa shape index (κ2) is 13.1. The second-order valence-corrected chi connectivity index (χ2v) is 11.1. The highest BCUT2D eigenvalue weighted by atomic mass is 19.4. The standard InChI is InChI=1S/C33H32F4N6O2/c1-22-30(41-16-14-40(15-17-41)19-24-12-10-23(18-38)11-13-24)31(44)43(21-29(39)25-6-3-2-4-7-25)32(45)42(22)20-26-27(33(35,36)37)8-5-9-28(26)34/h2-13,29H,14-17,19-21,39H2,1H3/t29-/m1/s1. The van der Waals surface area contributed by atoms with E-state index in [9.17, 15) is 27.2 Å². The summed E-state index contributed by atoms with van der Waals surface area (Å²) in [7, 11) is 0. The van der Waals surface area contributed by atoms with Crippen LogP contribution in [0.5, 0.6) is 0 Å². The van der Waals surface area contributed by atoms with E-state index < -0.39 is 47.0 Å². The van der Waals surface area contributed by atoms with Crippen LogP contribution in [-0.2, 0) is 25.8 Å². The molecule has 2 N–H and O–H groups in total. The fraction of sp³-hybridized carbons (Fsp3) is 0.303. The van der Waals surface area contributed by atoms with Crippen LogP contribution in [0.15, 0.2) is 82.4 Å². The number of rotatable bonds is 8. The number of anilines is 1. The Morgan fingerprint density at radius 2 is 1.56 bits per heavy atom. The van der Waals surface area contributed by atoms with Gasteiger partial charge in [-0.1, -0.05) is 48.5 Å². The van der Waals surface area contributed by atoms with E-state index in [0.29, 0.717) is 43.9 Å². The molecule has 1 aliphatic rings. The van der Waals surface area contributed by atoms with E-state index in [2.05, 4.69) is 11.0 Å². The van der Waals surface area contributed by atoms with Crippen molar-refractivity contribution in [2.24, 2.45) is 5.73 Å². The Kier molecular flexibility index (Phi) is 9.22. The van der Waals surface area contributed by atoms with Gasteiger partial charge in [-0.3, -0.25) is 18.8 Å². The van der Waals surface area contributed by atoms with E-state index in [-0.39, 0.29) is 17.9 Å². The zero-order valence-corrected chi connectivity index (χ0v) is 24.6. The molecule has 1 fully saturated rings. The third kappa shape index (κ3) is 6.84. The Bertz CT molecular complexity index is 1820. The molecule has 12 heteroatoms. The minimum atomic E-state index is -4.85. The molecular weight excluding hydrogens is 588 g/mol. The molecule has 45 heavy (non-hydrogen) atoms. The zero-order valence-electron chi connectivity index (χ0n) is 24.6. The Balaban J connectivity index is 1.52. The van der Waals surface area contributed by atoms with Gasteiger partial charge in [0.15, 0.2) is 0 Å². The minimum absolute atomic E-state index is 0.145. The Labute approximate surface area is 257 Å². The predicted molar refractivity (Wildman–Crippen MR) is 162 cm³/mol. The number of hydrogen-bond donors (Lipinski definition) is 1. The lowest BCUT2D eigenvalue weighted by Crippen LogP contribution is -2.51. The summed E-state index contributed by atoms with van der Waals surface area (Å²) in [5.41, 5.74) is 5.60. The smallest absolute Gasteiger partial charge is 0.363 e. The molecule has 0 bridgehead atoms. The quantitative estimate of drug-likeness (QED) is 0.293. The lowest BCUT2D eigenvalue weighted by atomic mass is 10.1. The number of nitrogens with two attached hydrogens (primary N) is 1.